The van der Waals surface area contributed by atoms with Gasteiger partial charge in [0, 0.05) is 18.7 Å². The van der Waals surface area contributed by atoms with E-state index in [0.29, 0.717) is 12.2 Å². The van der Waals surface area contributed by atoms with Crippen LogP contribution in [0.3, 0.4) is 0 Å². The largest absolute Gasteiger partial charge is 0.484 e. The molecule has 1 aliphatic rings. The Morgan fingerprint density at radius 3 is 2.50 bits per heavy atom. The summed E-state index contributed by atoms with van der Waals surface area (Å²) >= 11 is 0. The highest BCUT2D eigenvalue weighted by molar-refractivity contribution is 5.99. The number of carbonyl (C=O) groups is 2. The predicted molar refractivity (Wildman–Crippen MR) is 58.1 cm³/mol. The topological polar surface area (TPSA) is 72.6 Å². The van der Waals surface area contributed by atoms with E-state index in [4.69, 9.17) is 10.5 Å². The van der Waals surface area contributed by atoms with Gasteiger partial charge in [0.05, 0.1) is 0 Å². The molecule has 2 amide bonds. The van der Waals surface area contributed by atoms with Gasteiger partial charge in [-0.1, -0.05) is 0 Å². The summed E-state index contributed by atoms with van der Waals surface area (Å²) in [6, 6.07) is 6.99. The third-order valence-corrected chi connectivity index (χ3v) is 2.38. The first-order valence-corrected chi connectivity index (χ1v) is 4.98. The second-order valence-corrected chi connectivity index (χ2v) is 3.54. The number of primary amides is 1. The van der Waals surface area contributed by atoms with E-state index in [1.54, 1.807) is 29.2 Å². The number of hydrogen-bond donors (Lipinski definition) is 1. The third-order valence-electron chi connectivity index (χ3n) is 2.38. The standard InChI is InChI=1S/C11H12N2O3/c12-10(14)7-16-9-3-1-8(2-4-9)13-6-5-11(13)15/h1-4H,5-7H2,(H2,12,14). The Kier molecular flexibility index (Phi) is 2.76. The number of benzene rings is 1. The summed E-state index contributed by atoms with van der Waals surface area (Å²) in [5.41, 5.74) is 5.80. The fourth-order valence-electron chi connectivity index (χ4n) is 1.46. The zero-order valence-electron chi connectivity index (χ0n) is 8.68. The molecule has 0 spiro atoms. The number of carbonyl (C=O) groups excluding carboxylic acids is 2. The highest BCUT2D eigenvalue weighted by Gasteiger charge is 2.24. The molecule has 1 fully saturated rings. The lowest BCUT2D eigenvalue weighted by Crippen LogP contribution is -2.43. The van der Waals surface area contributed by atoms with Crippen LogP contribution in [0.1, 0.15) is 6.42 Å². The van der Waals surface area contributed by atoms with Crippen molar-refractivity contribution in [3.8, 4) is 5.75 Å². The lowest BCUT2D eigenvalue weighted by molar-refractivity contribution is -0.122. The van der Waals surface area contributed by atoms with Crippen LogP contribution in [0.4, 0.5) is 5.69 Å². The SMILES string of the molecule is NC(=O)COc1ccc(N2CCC2=O)cc1. The number of β-lactam (4-membered cyclic amide) rings is 1. The number of rotatable bonds is 4. The van der Waals surface area contributed by atoms with Crippen LogP contribution in [0.25, 0.3) is 0 Å². The third kappa shape index (κ3) is 2.13. The Morgan fingerprint density at radius 2 is 2.06 bits per heavy atom. The number of nitrogens with zero attached hydrogens (tertiary/aromatic N) is 1. The van der Waals surface area contributed by atoms with Crippen molar-refractivity contribution in [3.05, 3.63) is 24.3 Å². The van der Waals surface area contributed by atoms with Crippen LogP contribution < -0.4 is 15.4 Å². The van der Waals surface area contributed by atoms with Gasteiger partial charge in [0.2, 0.25) is 5.91 Å². The molecule has 0 saturated carbocycles. The zero-order valence-corrected chi connectivity index (χ0v) is 8.68. The van der Waals surface area contributed by atoms with Crippen molar-refractivity contribution in [3.63, 3.8) is 0 Å². The lowest BCUT2D eigenvalue weighted by atomic mass is 10.1. The Morgan fingerprint density at radius 1 is 1.38 bits per heavy atom. The molecule has 1 aromatic carbocycles. The Balaban J connectivity index is 1.99. The van der Waals surface area contributed by atoms with E-state index >= 15 is 0 Å². The first-order valence-electron chi connectivity index (χ1n) is 4.98. The summed E-state index contributed by atoms with van der Waals surface area (Å²) < 4.78 is 5.10. The Labute approximate surface area is 92.8 Å². The minimum Gasteiger partial charge on any atom is -0.484 e. The summed E-state index contributed by atoms with van der Waals surface area (Å²) in [5, 5.41) is 0. The Bertz CT molecular complexity index is 414. The quantitative estimate of drug-likeness (QED) is 0.741. The second kappa shape index (κ2) is 4.22. The molecule has 0 aromatic heterocycles. The summed E-state index contributed by atoms with van der Waals surface area (Å²) in [7, 11) is 0. The number of nitrogens with two attached hydrogens (primary N) is 1. The van der Waals surface area contributed by atoms with Crippen LogP contribution >= 0.6 is 0 Å². The number of hydrogen-bond acceptors (Lipinski definition) is 3. The first-order chi connectivity index (χ1) is 7.66. The van der Waals surface area contributed by atoms with Crippen LogP contribution in [0.15, 0.2) is 24.3 Å². The van der Waals surface area contributed by atoms with Crippen LogP contribution in [-0.2, 0) is 9.59 Å². The van der Waals surface area contributed by atoms with Gasteiger partial charge in [-0.05, 0) is 24.3 Å². The fourth-order valence-corrected chi connectivity index (χ4v) is 1.46. The van der Waals surface area contributed by atoms with Gasteiger partial charge >= 0.3 is 0 Å². The molecule has 1 aromatic rings. The van der Waals surface area contributed by atoms with Gasteiger partial charge in [-0.3, -0.25) is 9.59 Å². The van der Waals surface area contributed by atoms with E-state index < -0.39 is 5.91 Å². The van der Waals surface area contributed by atoms with Crippen molar-refractivity contribution in [2.75, 3.05) is 18.1 Å². The van der Waals surface area contributed by atoms with Crippen molar-refractivity contribution in [2.45, 2.75) is 6.42 Å². The fraction of sp³-hybridized carbons (Fsp3) is 0.273. The van der Waals surface area contributed by atoms with E-state index in [9.17, 15) is 9.59 Å². The molecule has 1 heterocycles. The molecule has 0 bridgehead atoms. The molecule has 0 aliphatic carbocycles. The summed E-state index contributed by atoms with van der Waals surface area (Å²) in [5.74, 6) is 0.184. The van der Waals surface area contributed by atoms with E-state index in [0.717, 1.165) is 12.2 Å². The van der Waals surface area contributed by atoms with E-state index in [1.165, 1.54) is 0 Å². The molecule has 0 unspecified atom stereocenters. The van der Waals surface area contributed by atoms with Gasteiger partial charge in [0.25, 0.3) is 5.91 Å². The highest BCUT2D eigenvalue weighted by Crippen LogP contribution is 2.24. The molecule has 0 atom stereocenters. The molecule has 1 aliphatic heterocycles. The van der Waals surface area contributed by atoms with Gasteiger partial charge in [0.1, 0.15) is 5.75 Å². The zero-order chi connectivity index (χ0) is 11.5. The maximum Gasteiger partial charge on any atom is 0.255 e. The maximum atomic E-state index is 11.2. The van der Waals surface area contributed by atoms with Gasteiger partial charge in [-0.2, -0.15) is 0 Å². The maximum absolute atomic E-state index is 11.2. The average Bonchev–Trinajstić information content (AvgIpc) is 2.26. The molecular formula is C11H12N2O3. The molecule has 2 N–H and O–H groups in total. The van der Waals surface area contributed by atoms with Crippen LogP contribution in [0.2, 0.25) is 0 Å². The highest BCUT2D eigenvalue weighted by atomic mass is 16.5. The van der Waals surface area contributed by atoms with Crippen LogP contribution in [0.5, 0.6) is 5.75 Å². The first kappa shape index (κ1) is 10.5. The molecule has 84 valence electrons. The smallest absolute Gasteiger partial charge is 0.255 e. The average molecular weight is 220 g/mol. The van der Waals surface area contributed by atoms with Crippen molar-refractivity contribution in [1.29, 1.82) is 0 Å². The van der Waals surface area contributed by atoms with Gasteiger partial charge in [0.15, 0.2) is 6.61 Å². The lowest BCUT2D eigenvalue weighted by Gasteiger charge is -2.30. The molecule has 2 rings (SSSR count). The molecule has 0 radical (unpaired) electrons. The van der Waals surface area contributed by atoms with Gasteiger partial charge < -0.3 is 15.4 Å². The number of ether oxygens (including phenoxy) is 1. The van der Waals surface area contributed by atoms with Crippen molar-refractivity contribution in [1.82, 2.24) is 0 Å². The van der Waals surface area contributed by atoms with Crippen LogP contribution in [0, 0.1) is 0 Å². The second-order valence-electron chi connectivity index (χ2n) is 3.54. The predicted octanol–water partition coefficient (Wildman–Crippen LogP) is 0.287. The monoisotopic (exact) mass is 220 g/mol. The number of anilines is 1. The molecule has 16 heavy (non-hydrogen) atoms. The van der Waals surface area contributed by atoms with Gasteiger partial charge in [-0.25, -0.2) is 0 Å². The van der Waals surface area contributed by atoms with Crippen LogP contribution in [-0.4, -0.2) is 25.0 Å². The van der Waals surface area contributed by atoms with Crippen molar-refractivity contribution >= 4 is 17.5 Å². The Hall–Kier alpha value is -2.04. The minimum absolute atomic E-state index is 0.130. The van der Waals surface area contributed by atoms with E-state index in [2.05, 4.69) is 0 Å². The van der Waals surface area contributed by atoms with E-state index in [-0.39, 0.29) is 12.5 Å². The number of amides is 2. The molecular weight excluding hydrogens is 208 g/mol. The molecule has 5 nitrogen and oxygen atoms in total. The summed E-state index contributed by atoms with van der Waals surface area (Å²) in [6.45, 7) is 0.627. The molecule has 5 heteroatoms. The van der Waals surface area contributed by atoms with Crippen molar-refractivity contribution < 1.29 is 14.3 Å². The van der Waals surface area contributed by atoms with Crippen molar-refractivity contribution in [2.24, 2.45) is 5.73 Å². The van der Waals surface area contributed by atoms with Gasteiger partial charge in [-0.15, -0.1) is 0 Å². The molecule has 1 saturated heterocycles. The summed E-state index contributed by atoms with van der Waals surface area (Å²) in [4.78, 5) is 23.3. The normalized spacial score (nSPS) is 14.5. The summed E-state index contributed by atoms with van der Waals surface area (Å²) in [6.07, 6.45) is 0.611. The minimum atomic E-state index is -0.512. The van der Waals surface area contributed by atoms with E-state index in [1.807, 2.05) is 0 Å².